The summed E-state index contributed by atoms with van der Waals surface area (Å²) in [5, 5.41) is 0. The van der Waals surface area contributed by atoms with Crippen LogP contribution in [0.1, 0.15) is 18.1 Å². The van der Waals surface area contributed by atoms with E-state index in [4.69, 9.17) is 5.73 Å². The third-order valence-electron chi connectivity index (χ3n) is 1.73. The highest BCUT2D eigenvalue weighted by atomic mass is 14.9. The number of hydrogen-bond donors (Lipinski definition) is 1. The standard InChI is InChI=1S/C11H14N2/c1-8(2)13-11(12)10-7-5-4-6-9(10)3/h4-7H,1H2,2-3H3,(H2,12,13). The predicted molar refractivity (Wildman–Crippen MR) is 56.7 cm³/mol. The molecule has 0 amide bonds. The molecule has 1 rings (SSSR count). The summed E-state index contributed by atoms with van der Waals surface area (Å²) >= 11 is 0. The van der Waals surface area contributed by atoms with E-state index in [0.717, 1.165) is 16.8 Å². The molecule has 0 aliphatic heterocycles. The van der Waals surface area contributed by atoms with Crippen molar-refractivity contribution in [3.05, 3.63) is 47.7 Å². The van der Waals surface area contributed by atoms with Crippen LogP contribution in [-0.2, 0) is 0 Å². The Labute approximate surface area is 78.8 Å². The first-order valence-electron chi connectivity index (χ1n) is 4.17. The van der Waals surface area contributed by atoms with Crippen LogP contribution in [0.5, 0.6) is 0 Å². The maximum absolute atomic E-state index is 5.79. The van der Waals surface area contributed by atoms with Gasteiger partial charge in [0.2, 0.25) is 0 Å². The second-order valence-electron chi connectivity index (χ2n) is 3.05. The van der Waals surface area contributed by atoms with Crippen LogP contribution in [0.3, 0.4) is 0 Å². The molecule has 0 saturated carbocycles. The summed E-state index contributed by atoms with van der Waals surface area (Å²) in [4.78, 5) is 4.11. The Bertz CT molecular complexity index is 351. The Hall–Kier alpha value is -1.57. The maximum Gasteiger partial charge on any atom is 0.131 e. The minimum absolute atomic E-state index is 0.533. The van der Waals surface area contributed by atoms with Crippen LogP contribution < -0.4 is 5.73 Å². The zero-order valence-electron chi connectivity index (χ0n) is 8.04. The van der Waals surface area contributed by atoms with E-state index < -0.39 is 0 Å². The van der Waals surface area contributed by atoms with Gasteiger partial charge >= 0.3 is 0 Å². The maximum atomic E-state index is 5.79. The smallest absolute Gasteiger partial charge is 0.131 e. The van der Waals surface area contributed by atoms with E-state index in [1.807, 2.05) is 38.1 Å². The van der Waals surface area contributed by atoms with Crippen LogP contribution in [0.4, 0.5) is 0 Å². The number of aryl methyl sites for hydroxylation is 1. The fourth-order valence-corrected chi connectivity index (χ4v) is 1.13. The van der Waals surface area contributed by atoms with E-state index in [1.165, 1.54) is 0 Å². The molecule has 0 aromatic heterocycles. The molecule has 0 bridgehead atoms. The van der Waals surface area contributed by atoms with Gasteiger partial charge in [0.1, 0.15) is 5.84 Å². The molecule has 0 spiro atoms. The van der Waals surface area contributed by atoms with Crippen molar-refractivity contribution >= 4 is 5.84 Å². The Kier molecular flexibility index (Phi) is 2.85. The first-order chi connectivity index (χ1) is 6.11. The number of allylic oxidation sites excluding steroid dienone is 1. The van der Waals surface area contributed by atoms with Crippen LogP contribution in [0.25, 0.3) is 0 Å². The molecule has 1 aromatic rings. The second-order valence-corrected chi connectivity index (χ2v) is 3.05. The van der Waals surface area contributed by atoms with Gasteiger partial charge in [-0.1, -0.05) is 30.8 Å². The molecule has 1 aromatic carbocycles. The number of aliphatic imine (C=N–C) groups is 1. The Balaban J connectivity index is 3.08. The Morgan fingerprint density at radius 1 is 1.38 bits per heavy atom. The number of hydrogen-bond acceptors (Lipinski definition) is 1. The van der Waals surface area contributed by atoms with Gasteiger partial charge in [0.25, 0.3) is 0 Å². The van der Waals surface area contributed by atoms with E-state index in [-0.39, 0.29) is 0 Å². The Morgan fingerprint density at radius 2 is 2.00 bits per heavy atom. The van der Waals surface area contributed by atoms with Crippen molar-refractivity contribution < 1.29 is 0 Å². The van der Waals surface area contributed by atoms with Crippen molar-refractivity contribution in [3.63, 3.8) is 0 Å². The van der Waals surface area contributed by atoms with Gasteiger partial charge in [-0.2, -0.15) is 0 Å². The van der Waals surface area contributed by atoms with Gasteiger partial charge in [-0.25, -0.2) is 4.99 Å². The van der Waals surface area contributed by atoms with E-state index >= 15 is 0 Å². The zero-order chi connectivity index (χ0) is 9.84. The molecule has 0 fully saturated rings. The second kappa shape index (κ2) is 3.90. The van der Waals surface area contributed by atoms with Crippen LogP contribution >= 0.6 is 0 Å². The van der Waals surface area contributed by atoms with E-state index in [2.05, 4.69) is 11.6 Å². The molecule has 0 radical (unpaired) electrons. The number of amidine groups is 1. The fourth-order valence-electron chi connectivity index (χ4n) is 1.13. The number of benzene rings is 1. The molecule has 2 N–H and O–H groups in total. The average Bonchev–Trinajstić information content (AvgIpc) is 2.03. The zero-order valence-corrected chi connectivity index (χ0v) is 8.04. The highest BCUT2D eigenvalue weighted by Gasteiger charge is 2.00. The molecule has 2 nitrogen and oxygen atoms in total. The van der Waals surface area contributed by atoms with Crippen molar-refractivity contribution in [2.45, 2.75) is 13.8 Å². The van der Waals surface area contributed by atoms with Crippen LogP contribution in [0, 0.1) is 6.92 Å². The van der Waals surface area contributed by atoms with Gasteiger partial charge in [-0.05, 0) is 19.4 Å². The number of nitrogens with zero attached hydrogens (tertiary/aromatic N) is 1. The molecule has 0 aliphatic rings. The molecule has 13 heavy (non-hydrogen) atoms. The van der Waals surface area contributed by atoms with E-state index in [1.54, 1.807) is 0 Å². The molecule has 0 heterocycles. The molecule has 0 aliphatic carbocycles. The SMILES string of the molecule is C=C(C)N=C(N)c1ccccc1C. The van der Waals surface area contributed by atoms with Gasteiger partial charge in [-0.3, -0.25) is 0 Å². The van der Waals surface area contributed by atoms with E-state index in [0.29, 0.717) is 5.84 Å². The molecule has 2 heteroatoms. The molecule has 68 valence electrons. The predicted octanol–water partition coefficient (Wildman–Crippen LogP) is 2.23. The van der Waals surface area contributed by atoms with E-state index in [9.17, 15) is 0 Å². The van der Waals surface area contributed by atoms with Gasteiger partial charge in [0.15, 0.2) is 0 Å². The monoisotopic (exact) mass is 174 g/mol. The highest BCUT2D eigenvalue weighted by molar-refractivity contribution is 5.99. The number of rotatable bonds is 2. The third kappa shape index (κ3) is 2.44. The highest BCUT2D eigenvalue weighted by Crippen LogP contribution is 2.07. The number of nitrogens with two attached hydrogens (primary N) is 1. The Morgan fingerprint density at radius 3 is 2.54 bits per heavy atom. The van der Waals surface area contributed by atoms with Crippen LogP contribution in [0.2, 0.25) is 0 Å². The summed E-state index contributed by atoms with van der Waals surface area (Å²) in [6, 6.07) is 7.89. The molecule has 0 unspecified atom stereocenters. The van der Waals surface area contributed by atoms with Gasteiger partial charge < -0.3 is 5.73 Å². The van der Waals surface area contributed by atoms with Gasteiger partial charge in [0.05, 0.1) is 0 Å². The van der Waals surface area contributed by atoms with Crippen molar-refractivity contribution in [1.29, 1.82) is 0 Å². The minimum atomic E-state index is 0.533. The molecule has 0 saturated heterocycles. The lowest BCUT2D eigenvalue weighted by Gasteiger charge is -2.03. The van der Waals surface area contributed by atoms with Gasteiger partial charge in [0, 0.05) is 11.3 Å². The van der Waals surface area contributed by atoms with Crippen LogP contribution in [0.15, 0.2) is 41.5 Å². The molecular weight excluding hydrogens is 160 g/mol. The summed E-state index contributed by atoms with van der Waals surface area (Å²) in [6.07, 6.45) is 0. The summed E-state index contributed by atoms with van der Waals surface area (Å²) in [7, 11) is 0. The largest absolute Gasteiger partial charge is 0.383 e. The van der Waals surface area contributed by atoms with Crippen molar-refractivity contribution in [1.82, 2.24) is 0 Å². The topological polar surface area (TPSA) is 38.4 Å². The normalized spacial score (nSPS) is 11.4. The van der Waals surface area contributed by atoms with Gasteiger partial charge in [-0.15, -0.1) is 0 Å². The quantitative estimate of drug-likeness (QED) is 0.542. The lowest BCUT2D eigenvalue weighted by molar-refractivity contribution is 1.29. The average molecular weight is 174 g/mol. The summed E-state index contributed by atoms with van der Waals surface area (Å²) < 4.78 is 0. The first kappa shape index (κ1) is 9.52. The minimum Gasteiger partial charge on any atom is -0.383 e. The van der Waals surface area contributed by atoms with Crippen molar-refractivity contribution in [3.8, 4) is 0 Å². The van der Waals surface area contributed by atoms with Crippen molar-refractivity contribution in [2.75, 3.05) is 0 Å². The summed E-state index contributed by atoms with van der Waals surface area (Å²) in [5.41, 5.74) is 8.62. The summed E-state index contributed by atoms with van der Waals surface area (Å²) in [6.45, 7) is 7.52. The lowest BCUT2D eigenvalue weighted by atomic mass is 10.1. The first-order valence-corrected chi connectivity index (χ1v) is 4.17. The fraction of sp³-hybridized carbons (Fsp3) is 0.182. The van der Waals surface area contributed by atoms with Crippen LogP contribution in [-0.4, -0.2) is 5.84 Å². The third-order valence-corrected chi connectivity index (χ3v) is 1.73. The van der Waals surface area contributed by atoms with Crippen molar-refractivity contribution in [2.24, 2.45) is 10.7 Å². The lowest BCUT2D eigenvalue weighted by Crippen LogP contribution is -2.14. The summed E-state index contributed by atoms with van der Waals surface area (Å²) in [5.74, 6) is 0.533. The molecular formula is C11H14N2. The molecule has 0 atom stereocenters.